The Kier molecular flexibility index (Phi) is 15.0. The summed E-state index contributed by atoms with van der Waals surface area (Å²) in [6.45, 7) is 4.99. The number of ether oxygens (including phenoxy) is 5. The van der Waals surface area contributed by atoms with Gasteiger partial charge in [0.1, 0.15) is 5.78 Å². The SMILES string of the molecule is COCCOCCOCCOCCOCCCC(=O)CCCCC1SCC2NC(=O)NC21. The first-order valence-electron chi connectivity index (χ1n) is 11.7. The molecule has 0 aromatic rings. The smallest absolute Gasteiger partial charge is 0.315 e. The molecule has 10 heteroatoms. The van der Waals surface area contributed by atoms with Crippen LogP contribution in [-0.2, 0) is 28.5 Å². The van der Waals surface area contributed by atoms with Crippen molar-refractivity contribution in [3.63, 3.8) is 0 Å². The molecule has 2 fully saturated rings. The second-order valence-corrected chi connectivity index (χ2v) is 9.22. The van der Waals surface area contributed by atoms with Gasteiger partial charge in [-0.25, -0.2) is 4.79 Å². The number of hydrogen-bond donors (Lipinski definition) is 2. The Morgan fingerprint density at radius 1 is 0.844 bits per heavy atom. The van der Waals surface area contributed by atoms with E-state index in [1.54, 1.807) is 7.11 Å². The van der Waals surface area contributed by atoms with Gasteiger partial charge >= 0.3 is 6.03 Å². The number of nitrogens with one attached hydrogen (secondary N) is 2. The molecular formula is C22H40N2O7S. The van der Waals surface area contributed by atoms with Gasteiger partial charge in [-0.15, -0.1) is 0 Å². The number of rotatable bonds is 21. The van der Waals surface area contributed by atoms with Crippen molar-refractivity contribution >= 4 is 23.6 Å². The molecule has 2 amide bonds. The van der Waals surface area contributed by atoms with Crippen LogP contribution < -0.4 is 10.6 Å². The molecule has 3 unspecified atom stereocenters. The third-order valence-corrected chi connectivity index (χ3v) is 6.93. The van der Waals surface area contributed by atoms with Gasteiger partial charge in [-0.2, -0.15) is 11.8 Å². The number of carbonyl (C=O) groups excluding carboxylic acids is 2. The lowest BCUT2D eigenvalue weighted by Gasteiger charge is -2.16. The van der Waals surface area contributed by atoms with Crippen LogP contribution in [0.1, 0.15) is 38.5 Å². The van der Waals surface area contributed by atoms with Gasteiger partial charge in [0.2, 0.25) is 0 Å². The van der Waals surface area contributed by atoms with Gasteiger partial charge in [-0.05, 0) is 19.3 Å². The molecule has 0 aromatic carbocycles. The van der Waals surface area contributed by atoms with Gasteiger partial charge in [0.05, 0.1) is 64.9 Å². The van der Waals surface area contributed by atoms with Crippen LogP contribution in [-0.4, -0.2) is 101 Å². The molecular weight excluding hydrogens is 436 g/mol. The van der Waals surface area contributed by atoms with Crippen LogP contribution in [0.2, 0.25) is 0 Å². The van der Waals surface area contributed by atoms with Gasteiger partial charge < -0.3 is 34.3 Å². The summed E-state index contributed by atoms with van der Waals surface area (Å²) in [6, 6.07) is 0.482. The molecule has 32 heavy (non-hydrogen) atoms. The van der Waals surface area contributed by atoms with E-state index < -0.39 is 0 Å². The van der Waals surface area contributed by atoms with Crippen LogP contribution in [0.4, 0.5) is 4.79 Å². The van der Waals surface area contributed by atoms with E-state index in [1.165, 1.54) is 0 Å². The van der Waals surface area contributed by atoms with Crippen LogP contribution in [0.25, 0.3) is 0 Å². The van der Waals surface area contributed by atoms with E-state index in [4.69, 9.17) is 23.7 Å². The molecule has 2 aliphatic heterocycles. The standard InChI is InChI=1S/C22H40N2O7S/c1-27-9-10-29-13-14-31-16-15-30-12-11-28-8-4-6-18(25)5-2-3-7-20-21-19(17-32-20)23-22(26)24-21/h19-21H,2-17H2,1H3,(H2,23,24,26). The predicted octanol–water partition coefficient (Wildman–Crippen LogP) is 1.77. The second kappa shape index (κ2) is 17.6. The van der Waals surface area contributed by atoms with Crippen LogP contribution >= 0.6 is 11.8 Å². The summed E-state index contributed by atoms with van der Waals surface area (Å²) in [5.41, 5.74) is 0. The molecule has 2 N–H and O–H groups in total. The molecule has 2 rings (SSSR count). The number of urea groups is 1. The van der Waals surface area contributed by atoms with Crippen LogP contribution in [0.3, 0.4) is 0 Å². The van der Waals surface area contributed by atoms with Crippen LogP contribution in [0, 0.1) is 0 Å². The zero-order valence-electron chi connectivity index (χ0n) is 19.3. The molecule has 186 valence electrons. The third kappa shape index (κ3) is 11.8. The van der Waals surface area contributed by atoms with Crippen molar-refractivity contribution in [2.45, 2.75) is 55.9 Å². The van der Waals surface area contributed by atoms with Crippen molar-refractivity contribution < 1.29 is 33.3 Å². The topological polar surface area (TPSA) is 104 Å². The van der Waals surface area contributed by atoms with Gasteiger partial charge in [-0.1, -0.05) is 6.42 Å². The largest absolute Gasteiger partial charge is 0.382 e. The maximum atomic E-state index is 12.0. The molecule has 0 radical (unpaired) electrons. The lowest BCUT2D eigenvalue weighted by atomic mass is 10.0. The quantitative estimate of drug-likeness (QED) is 0.191. The van der Waals surface area contributed by atoms with Crippen molar-refractivity contribution in [1.82, 2.24) is 10.6 Å². The lowest BCUT2D eigenvalue weighted by molar-refractivity contribution is -0.119. The Morgan fingerprint density at radius 3 is 2.09 bits per heavy atom. The average Bonchev–Trinajstić information content (AvgIpc) is 3.33. The first kappa shape index (κ1) is 27.3. The Balaban J connectivity index is 1.28. The Bertz CT molecular complexity index is 527. The number of carbonyl (C=O) groups is 2. The molecule has 2 aliphatic rings. The zero-order chi connectivity index (χ0) is 22.9. The average molecular weight is 477 g/mol. The Hall–Kier alpha value is -0.910. The molecule has 0 aliphatic carbocycles. The van der Waals surface area contributed by atoms with Crippen LogP contribution in [0.5, 0.6) is 0 Å². The second-order valence-electron chi connectivity index (χ2n) is 7.95. The normalized spacial score (nSPS) is 22.0. The van der Waals surface area contributed by atoms with Gasteiger partial charge in [-0.3, -0.25) is 4.79 Å². The fraction of sp³-hybridized carbons (Fsp3) is 0.909. The fourth-order valence-corrected chi connectivity index (χ4v) is 5.25. The lowest BCUT2D eigenvalue weighted by Crippen LogP contribution is -2.36. The van der Waals surface area contributed by atoms with E-state index >= 15 is 0 Å². The zero-order valence-corrected chi connectivity index (χ0v) is 20.1. The number of hydrogen-bond acceptors (Lipinski definition) is 8. The number of unbranched alkanes of at least 4 members (excludes halogenated alkanes) is 1. The Labute approximate surface area is 196 Å². The van der Waals surface area contributed by atoms with Gasteiger partial charge in [0, 0.05) is 37.6 Å². The third-order valence-electron chi connectivity index (χ3n) is 5.42. The molecule has 0 aromatic heterocycles. The minimum atomic E-state index is -0.0427. The fourth-order valence-electron chi connectivity index (χ4n) is 3.71. The molecule has 2 saturated heterocycles. The minimum Gasteiger partial charge on any atom is -0.382 e. The van der Waals surface area contributed by atoms with E-state index in [0.29, 0.717) is 83.3 Å². The number of thioether (sulfide) groups is 1. The van der Waals surface area contributed by atoms with E-state index in [9.17, 15) is 9.59 Å². The summed E-state index contributed by atoms with van der Waals surface area (Å²) in [6.07, 6.45) is 4.97. The summed E-state index contributed by atoms with van der Waals surface area (Å²) >= 11 is 1.92. The van der Waals surface area contributed by atoms with E-state index in [1.807, 2.05) is 11.8 Å². The Morgan fingerprint density at radius 2 is 1.44 bits per heavy atom. The summed E-state index contributed by atoms with van der Waals surface area (Å²) in [5.74, 6) is 1.29. The molecule has 0 bridgehead atoms. The van der Waals surface area contributed by atoms with Crippen molar-refractivity contribution in [2.75, 3.05) is 72.3 Å². The highest BCUT2D eigenvalue weighted by Crippen LogP contribution is 2.33. The molecule has 0 saturated carbocycles. The minimum absolute atomic E-state index is 0.0427. The first-order chi connectivity index (χ1) is 15.7. The molecule has 0 spiro atoms. The number of amides is 2. The van der Waals surface area contributed by atoms with E-state index in [2.05, 4.69) is 10.6 Å². The van der Waals surface area contributed by atoms with Crippen molar-refractivity contribution in [3.05, 3.63) is 0 Å². The summed E-state index contributed by atoms with van der Waals surface area (Å²) in [7, 11) is 1.64. The van der Waals surface area contributed by atoms with E-state index in [0.717, 1.165) is 31.4 Å². The molecule has 9 nitrogen and oxygen atoms in total. The monoisotopic (exact) mass is 476 g/mol. The highest BCUT2D eigenvalue weighted by molar-refractivity contribution is 8.00. The van der Waals surface area contributed by atoms with E-state index in [-0.39, 0.29) is 18.1 Å². The first-order valence-corrected chi connectivity index (χ1v) is 12.8. The van der Waals surface area contributed by atoms with Crippen LogP contribution in [0.15, 0.2) is 0 Å². The number of fused-ring (bicyclic) bond motifs is 1. The summed E-state index contributed by atoms with van der Waals surface area (Å²) in [5, 5.41) is 6.44. The molecule has 3 atom stereocenters. The highest BCUT2D eigenvalue weighted by Gasteiger charge is 2.42. The maximum Gasteiger partial charge on any atom is 0.315 e. The van der Waals surface area contributed by atoms with Crippen molar-refractivity contribution in [2.24, 2.45) is 0 Å². The highest BCUT2D eigenvalue weighted by atomic mass is 32.2. The number of Topliss-reactive ketones (excluding diaryl/α,β-unsaturated/α-hetero) is 1. The van der Waals surface area contributed by atoms with Gasteiger partial charge in [0.15, 0.2) is 0 Å². The van der Waals surface area contributed by atoms with Crippen molar-refractivity contribution in [3.8, 4) is 0 Å². The summed E-state index contributed by atoms with van der Waals surface area (Å²) < 4.78 is 26.5. The maximum absolute atomic E-state index is 12.0. The number of methoxy groups -OCH3 is 1. The number of ketones is 1. The van der Waals surface area contributed by atoms with Crippen molar-refractivity contribution in [1.29, 1.82) is 0 Å². The summed E-state index contributed by atoms with van der Waals surface area (Å²) in [4.78, 5) is 23.4. The predicted molar refractivity (Wildman–Crippen MR) is 123 cm³/mol. The van der Waals surface area contributed by atoms with Gasteiger partial charge in [0.25, 0.3) is 0 Å². The molecule has 2 heterocycles.